The van der Waals surface area contributed by atoms with Gasteiger partial charge in [-0.1, -0.05) is 11.6 Å². The van der Waals surface area contributed by atoms with Crippen molar-refractivity contribution in [3.05, 3.63) is 47.7 Å². The molecule has 1 heterocycles. The van der Waals surface area contributed by atoms with E-state index < -0.39 is 11.6 Å². The van der Waals surface area contributed by atoms with Crippen molar-refractivity contribution >= 4 is 5.82 Å². The van der Waals surface area contributed by atoms with E-state index >= 15 is 0 Å². The molecule has 0 spiro atoms. The van der Waals surface area contributed by atoms with Gasteiger partial charge in [0.2, 0.25) is 0 Å². The van der Waals surface area contributed by atoms with Crippen LogP contribution in [0.15, 0.2) is 30.5 Å². The minimum absolute atomic E-state index is 0.184. The van der Waals surface area contributed by atoms with E-state index in [4.69, 9.17) is 5.73 Å². The van der Waals surface area contributed by atoms with Crippen LogP contribution in [-0.4, -0.2) is 4.98 Å². The van der Waals surface area contributed by atoms with Crippen LogP contribution in [0, 0.1) is 18.6 Å². The van der Waals surface area contributed by atoms with Crippen molar-refractivity contribution in [2.24, 2.45) is 0 Å². The molecule has 2 N–H and O–H groups in total. The lowest BCUT2D eigenvalue weighted by molar-refractivity contribution is 0.623. The van der Waals surface area contributed by atoms with Crippen molar-refractivity contribution in [2.75, 3.05) is 5.73 Å². The van der Waals surface area contributed by atoms with Crippen LogP contribution in [0.2, 0.25) is 0 Å². The van der Waals surface area contributed by atoms with Crippen molar-refractivity contribution in [1.29, 1.82) is 0 Å². The smallest absolute Gasteiger partial charge is 0.165 e. The Morgan fingerprint density at radius 2 is 1.88 bits per heavy atom. The Labute approximate surface area is 91.7 Å². The molecule has 2 aromatic rings. The largest absolute Gasteiger partial charge is 0.381 e. The van der Waals surface area contributed by atoms with E-state index in [1.165, 1.54) is 18.3 Å². The molecule has 16 heavy (non-hydrogen) atoms. The highest BCUT2D eigenvalue weighted by atomic mass is 19.1. The molecular weight excluding hydrogens is 210 g/mol. The van der Waals surface area contributed by atoms with Crippen LogP contribution in [0.25, 0.3) is 11.1 Å². The first-order valence-corrected chi connectivity index (χ1v) is 4.75. The minimum Gasteiger partial charge on any atom is -0.381 e. The number of hydrogen-bond donors (Lipinski definition) is 1. The van der Waals surface area contributed by atoms with E-state index in [-0.39, 0.29) is 5.82 Å². The van der Waals surface area contributed by atoms with Crippen molar-refractivity contribution < 1.29 is 8.78 Å². The summed E-state index contributed by atoms with van der Waals surface area (Å²) in [6, 6.07) is 5.82. The van der Waals surface area contributed by atoms with Gasteiger partial charge in [-0.3, -0.25) is 0 Å². The van der Waals surface area contributed by atoms with Crippen molar-refractivity contribution in [1.82, 2.24) is 4.98 Å². The number of pyridine rings is 1. The molecule has 4 heteroatoms. The predicted octanol–water partition coefficient (Wildman–Crippen LogP) is 2.92. The lowest BCUT2D eigenvalue weighted by Gasteiger charge is -2.05. The Balaban J connectivity index is 2.58. The lowest BCUT2D eigenvalue weighted by Crippen LogP contribution is -1.96. The van der Waals surface area contributed by atoms with Gasteiger partial charge in [-0.2, -0.15) is 0 Å². The highest BCUT2D eigenvalue weighted by molar-refractivity contribution is 5.65. The average molecular weight is 220 g/mol. The monoisotopic (exact) mass is 220 g/mol. The normalized spacial score (nSPS) is 10.4. The molecule has 1 aromatic heterocycles. The Hall–Kier alpha value is -1.97. The molecule has 0 atom stereocenters. The molecule has 82 valence electrons. The van der Waals surface area contributed by atoms with Crippen LogP contribution in [0.5, 0.6) is 0 Å². The zero-order valence-corrected chi connectivity index (χ0v) is 8.67. The molecule has 0 fully saturated rings. The number of halogens is 2. The quantitative estimate of drug-likeness (QED) is 0.802. The second kappa shape index (κ2) is 3.89. The first-order chi connectivity index (χ1) is 7.58. The highest BCUT2D eigenvalue weighted by Crippen LogP contribution is 2.24. The summed E-state index contributed by atoms with van der Waals surface area (Å²) in [6.07, 6.45) is 1.36. The summed E-state index contributed by atoms with van der Waals surface area (Å²) in [7, 11) is 0. The molecule has 0 amide bonds. The maximum absolute atomic E-state index is 13.5. The Morgan fingerprint density at radius 3 is 2.56 bits per heavy atom. The summed E-state index contributed by atoms with van der Waals surface area (Å²) in [5.41, 5.74) is 6.86. The van der Waals surface area contributed by atoms with Crippen LogP contribution in [0.4, 0.5) is 14.6 Å². The molecule has 0 aliphatic rings. The number of rotatable bonds is 1. The molecule has 1 aromatic carbocycles. The maximum Gasteiger partial charge on any atom is 0.165 e. The van der Waals surface area contributed by atoms with Gasteiger partial charge >= 0.3 is 0 Å². The van der Waals surface area contributed by atoms with Crippen LogP contribution >= 0.6 is 0 Å². The van der Waals surface area contributed by atoms with Crippen molar-refractivity contribution in [3.63, 3.8) is 0 Å². The molecule has 0 saturated carbocycles. The van der Waals surface area contributed by atoms with Crippen LogP contribution < -0.4 is 5.73 Å². The topological polar surface area (TPSA) is 38.9 Å². The fraction of sp³-hybridized carbons (Fsp3) is 0.0833. The summed E-state index contributed by atoms with van der Waals surface area (Å²) >= 11 is 0. The van der Waals surface area contributed by atoms with Crippen LogP contribution in [0.3, 0.4) is 0 Å². The third-order valence-corrected chi connectivity index (χ3v) is 2.30. The summed E-state index contributed by atoms with van der Waals surface area (Å²) in [4.78, 5) is 3.66. The molecule has 0 radical (unpaired) electrons. The number of nitrogens with two attached hydrogens (primary N) is 1. The van der Waals surface area contributed by atoms with Gasteiger partial charge in [-0.05, 0) is 25.1 Å². The van der Waals surface area contributed by atoms with Gasteiger partial charge < -0.3 is 5.73 Å². The standard InChI is InChI=1S/C12H10F2N2/c1-7-2-3-10(13)9(4-7)8-5-11(14)12(15)16-6-8/h2-6H,1H3,(H2,15,16). The molecule has 2 rings (SSSR count). The predicted molar refractivity (Wildman–Crippen MR) is 58.7 cm³/mol. The van der Waals surface area contributed by atoms with E-state index in [1.54, 1.807) is 12.1 Å². The summed E-state index contributed by atoms with van der Waals surface area (Å²) in [5.74, 6) is -1.23. The molecule has 0 unspecified atom stereocenters. The van der Waals surface area contributed by atoms with E-state index in [2.05, 4.69) is 4.98 Å². The average Bonchev–Trinajstić information content (AvgIpc) is 2.26. The lowest BCUT2D eigenvalue weighted by atomic mass is 10.0. The number of hydrogen-bond acceptors (Lipinski definition) is 2. The fourth-order valence-electron chi connectivity index (χ4n) is 1.46. The summed E-state index contributed by atoms with van der Waals surface area (Å²) in [6.45, 7) is 1.84. The number of anilines is 1. The van der Waals surface area contributed by atoms with E-state index in [1.807, 2.05) is 6.92 Å². The number of nitrogens with zero attached hydrogens (tertiary/aromatic N) is 1. The summed E-state index contributed by atoms with van der Waals surface area (Å²) < 4.78 is 26.7. The first kappa shape index (κ1) is 10.5. The Morgan fingerprint density at radius 1 is 1.12 bits per heavy atom. The number of nitrogen functional groups attached to an aromatic ring is 1. The number of benzene rings is 1. The third-order valence-electron chi connectivity index (χ3n) is 2.30. The first-order valence-electron chi connectivity index (χ1n) is 4.75. The second-order valence-electron chi connectivity index (χ2n) is 3.57. The van der Waals surface area contributed by atoms with Crippen LogP contribution in [0.1, 0.15) is 5.56 Å². The molecule has 0 aliphatic heterocycles. The molecule has 0 saturated heterocycles. The molecule has 0 aliphatic carbocycles. The van der Waals surface area contributed by atoms with Crippen molar-refractivity contribution in [2.45, 2.75) is 6.92 Å². The van der Waals surface area contributed by atoms with Crippen molar-refractivity contribution in [3.8, 4) is 11.1 Å². The molecule has 0 bridgehead atoms. The van der Waals surface area contributed by atoms with Gasteiger partial charge in [0.15, 0.2) is 11.6 Å². The van der Waals surface area contributed by atoms with Gasteiger partial charge in [0, 0.05) is 17.3 Å². The Bertz CT molecular complexity index is 539. The number of aromatic nitrogens is 1. The van der Waals surface area contributed by atoms with E-state index in [0.717, 1.165) is 5.56 Å². The SMILES string of the molecule is Cc1ccc(F)c(-c2cnc(N)c(F)c2)c1. The van der Waals surface area contributed by atoms with Gasteiger partial charge in [-0.15, -0.1) is 0 Å². The fourth-order valence-corrected chi connectivity index (χ4v) is 1.46. The zero-order valence-electron chi connectivity index (χ0n) is 8.67. The molecule has 2 nitrogen and oxygen atoms in total. The minimum atomic E-state index is -0.640. The second-order valence-corrected chi connectivity index (χ2v) is 3.57. The third kappa shape index (κ3) is 1.86. The van der Waals surface area contributed by atoms with Gasteiger partial charge in [0.05, 0.1) is 0 Å². The maximum atomic E-state index is 13.5. The molecular formula is C12H10F2N2. The zero-order chi connectivity index (χ0) is 11.7. The van der Waals surface area contributed by atoms with Crippen LogP contribution in [-0.2, 0) is 0 Å². The van der Waals surface area contributed by atoms with E-state index in [0.29, 0.717) is 11.1 Å². The number of aryl methyl sites for hydroxylation is 1. The van der Waals surface area contributed by atoms with Gasteiger partial charge in [0.25, 0.3) is 0 Å². The highest BCUT2D eigenvalue weighted by Gasteiger charge is 2.08. The summed E-state index contributed by atoms with van der Waals surface area (Å²) in [5, 5.41) is 0. The van der Waals surface area contributed by atoms with Gasteiger partial charge in [0.1, 0.15) is 5.82 Å². The van der Waals surface area contributed by atoms with Gasteiger partial charge in [-0.25, -0.2) is 13.8 Å². The Kier molecular flexibility index (Phi) is 2.56. The van der Waals surface area contributed by atoms with E-state index in [9.17, 15) is 8.78 Å².